The fourth-order valence-corrected chi connectivity index (χ4v) is 4.97. The first kappa shape index (κ1) is 33.3. The molecule has 3 N–H and O–H groups in total. The van der Waals surface area contributed by atoms with Gasteiger partial charge in [-0.15, -0.1) is 10.2 Å². The molecule has 0 atom stereocenters. The highest BCUT2D eigenvalue weighted by Gasteiger charge is 2.46. The van der Waals surface area contributed by atoms with E-state index in [1.165, 1.54) is 0 Å². The first-order chi connectivity index (χ1) is 20.6. The molecule has 45 heavy (non-hydrogen) atoms. The van der Waals surface area contributed by atoms with Crippen molar-refractivity contribution in [2.75, 3.05) is 12.4 Å². The number of aromatic hydroxyl groups is 1. The minimum Gasteiger partial charge on any atom is -0.503 e. The molecule has 1 aliphatic rings. The number of carbonyl (C=O) groups is 2. The number of nitrogens with one attached hydrogen (secondary N) is 2. The summed E-state index contributed by atoms with van der Waals surface area (Å²) in [7, 11) is 2.00. The zero-order chi connectivity index (χ0) is 33.7. The number of likely N-dealkylation sites (tertiary alicyclic amines) is 1. The van der Waals surface area contributed by atoms with Crippen LogP contribution < -0.4 is 14.8 Å². The third-order valence-corrected chi connectivity index (χ3v) is 7.25. The van der Waals surface area contributed by atoms with Crippen LogP contribution in [-0.4, -0.2) is 88.8 Å². The molecule has 3 aromatic heterocycles. The second-order valence-corrected chi connectivity index (χ2v) is 11.3. The molecule has 13 nitrogen and oxygen atoms in total. The van der Waals surface area contributed by atoms with E-state index in [2.05, 4.69) is 45.0 Å². The lowest BCUT2D eigenvalue weighted by atomic mass is 9.77. The standard InChI is InChI=1S/C25H25F7N8O5/c1-22(2)6-10(7-23(3,4)40(22)5)35-21-33-9-12(37-39-21)14-15(41)16(44-19(42)24(27,28)29)13(11-8-34-38-17(11)26)18(36-14)45-20(43)25(30,31)32/h8-10,41H,6-7H2,1-5H3,(H,34,38)(H,33,35,39). The molecule has 0 aromatic carbocycles. The monoisotopic (exact) mass is 650 g/mol. The molecule has 20 heteroatoms. The fraction of sp³-hybridized carbons (Fsp3) is 0.480. The second-order valence-electron chi connectivity index (χ2n) is 11.3. The average Bonchev–Trinajstić information content (AvgIpc) is 3.33. The summed E-state index contributed by atoms with van der Waals surface area (Å²) in [5.41, 5.74) is -4.28. The highest BCUT2D eigenvalue weighted by Crippen LogP contribution is 2.48. The number of alkyl halides is 6. The van der Waals surface area contributed by atoms with E-state index in [-0.39, 0.29) is 23.1 Å². The van der Waals surface area contributed by atoms with E-state index in [0.717, 1.165) is 6.20 Å². The summed E-state index contributed by atoms with van der Waals surface area (Å²) < 4.78 is 102. The third-order valence-electron chi connectivity index (χ3n) is 7.25. The fourth-order valence-electron chi connectivity index (χ4n) is 4.97. The Hall–Kier alpha value is -4.62. The Kier molecular flexibility index (Phi) is 8.42. The maximum Gasteiger partial charge on any atom is 0.491 e. The Labute approximate surface area is 249 Å². The van der Waals surface area contributed by atoms with Crippen LogP contribution in [0.2, 0.25) is 0 Å². The third kappa shape index (κ3) is 6.89. The zero-order valence-electron chi connectivity index (χ0n) is 24.1. The van der Waals surface area contributed by atoms with Gasteiger partial charge in [-0.05, 0) is 47.6 Å². The topological polar surface area (TPSA) is 168 Å². The number of aromatic amines is 1. The summed E-state index contributed by atoms with van der Waals surface area (Å²) in [5, 5.41) is 26.6. The second kappa shape index (κ2) is 11.4. The first-order valence-electron chi connectivity index (χ1n) is 12.9. The highest BCUT2D eigenvalue weighted by atomic mass is 19.4. The zero-order valence-corrected chi connectivity index (χ0v) is 24.1. The molecular formula is C25H25F7N8O5. The maximum atomic E-state index is 14.5. The van der Waals surface area contributed by atoms with Crippen LogP contribution in [0.15, 0.2) is 12.4 Å². The molecule has 0 spiro atoms. The van der Waals surface area contributed by atoms with Gasteiger partial charge in [-0.3, -0.25) is 10.00 Å². The molecule has 244 valence electrons. The van der Waals surface area contributed by atoms with Gasteiger partial charge in [0.15, 0.2) is 11.5 Å². The van der Waals surface area contributed by atoms with Crippen molar-refractivity contribution in [1.29, 1.82) is 0 Å². The molecule has 0 unspecified atom stereocenters. The van der Waals surface area contributed by atoms with Gasteiger partial charge < -0.3 is 19.9 Å². The largest absolute Gasteiger partial charge is 0.503 e. The summed E-state index contributed by atoms with van der Waals surface area (Å²) in [4.78, 5) is 33.3. The van der Waals surface area contributed by atoms with Crippen LogP contribution in [0.3, 0.4) is 0 Å². The van der Waals surface area contributed by atoms with E-state index < -0.39 is 70.1 Å². The molecule has 4 heterocycles. The molecule has 0 amide bonds. The number of hydrogen-bond donors (Lipinski definition) is 3. The van der Waals surface area contributed by atoms with E-state index in [1.807, 2.05) is 34.7 Å². The first-order valence-corrected chi connectivity index (χ1v) is 12.9. The Morgan fingerprint density at radius 2 is 1.58 bits per heavy atom. The molecule has 0 bridgehead atoms. The molecule has 1 saturated heterocycles. The number of piperidine rings is 1. The lowest BCUT2D eigenvalue weighted by Gasteiger charge is -2.53. The van der Waals surface area contributed by atoms with E-state index in [0.29, 0.717) is 19.0 Å². The van der Waals surface area contributed by atoms with E-state index in [1.54, 1.807) is 5.10 Å². The van der Waals surface area contributed by atoms with Crippen molar-refractivity contribution in [2.45, 2.75) is 70.0 Å². The number of hydrogen-bond acceptors (Lipinski definition) is 12. The summed E-state index contributed by atoms with van der Waals surface area (Å²) in [5.74, 6) is -12.0. The Morgan fingerprint density at radius 1 is 1.00 bits per heavy atom. The van der Waals surface area contributed by atoms with Crippen molar-refractivity contribution in [3.63, 3.8) is 0 Å². The number of aromatic nitrogens is 6. The summed E-state index contributed by atoms with van der Waals surface area (Å²) in [6.45, 7) is 8.19. The van der Waals surface area contributed by atoms with Gasteiger partial charge in [0.2, 0.25) is 17.8 Å². The summed E-state index contributed by atoms with van der Waals surface area (Å²) in [6.07, 6.45) is -8.61. The van der Waals surface area contributed by atoms with Crippen molar-refractivity contribution in [3.8, 4) is 39.9 Å². The minimum absolute atomic E-state index is 0.0241. The molecule has 1 aliphatic heterocycles. The smallest absolute Gasteiger partial charge is 0.491 e. The Bertz CT molecular complexity index is 1590. The molecule has 4 rings (SSSR count). The highest BCUT2D eigenvalue weighted by molar-refractivity contribution is 5.89. The lowest BCUT2D eigenvalue weighted by Crippen LogP contribution is -2.61. The van der Waals surface area contributed by atoms with E-state index in [4.69, 9.17) is 0 Å². The van der Waals surface area contributed by atoms with Crippen LogP contribution in [0.5, 0.6) is 17.4 Å². The predicted molar refractivity (Wildman–Crippen MR) is 138 cm³/mol. The van der Waals surface area contributed by atoms with Crippen LogP contribution in [0.1, 0.15) is 40.5 Å². The van der Waals surface area contributed by atoms with Crippen LogP contribution >= 0.6 is 0 Å². The van der Waals surface area contributed by atoms with Gasteiger partial charge >= 0.3 is 24.3 Å². The van der Waals surface area contributed by atoms with Gasteiger partial charge in [0, 0.05) is 17.1 Å². The maximum absolute atomic E-state index is 14.5. The Balaban J connectivity index is 1.81. The molecule has 1 fully saturated rings. The number of carbonyl (C=O) groups excluding carboxylic acids is 2. The molecular weight excluding hydrogens is 625 g/mol. The van der Waals surface area contributed by atoms with E-state index >= 15 is 0 Å². The predicted octanol–water partition coefficient (Wildman–Crippen LogP) is 4.17. The van der Waals surface area contributed by atoms with Gasteiger partial charge in [-0.1, -0.05) is 0 Å². The average molecular weight is 651 g/mol. The van der Waals surface area contributed by atoms with Crippen LogP contribution in [0.25, 0.3) is 22.5 Å². The molecule has 0 radical (unpaired) electrons. The lowest BCUT2D eigenvalue weighted by molar-refractivity contribution is -0.190. The number of rotatable bonds is 6. The van der Waals surface area contributed by atoms with Crippen LogP contribution in [-0.2, 0) is 9.59 Å². The van der Waals surface area contributed by atoms with Crippen molar-refractivity contribution in [2.24, 2.45) is 0 Å². The minimum atomic E-state index is -5.70. The number of nitrogens with zero attached hydrogens (tertiary/aromatic N) is 6. The normalized spacial score (nSPS) is 17.2. The number of H-pyrrole nitrogens is 1. The van der Waals surface area contributed by atoms with Crippen molar-refractivity contribution in [1.82, 2.24) is 35.3 Å². The summed E-state index contributed by atoms with van der Waals surface area (Å²) in [6, 6.07) is -0.142. The quantitative estimate of drug-likeness (QED) is 0.258. The number of ether oxygens (including phenoxy) is 2. The molecule has 0 aliphatic carbocycles. The molecule has 3 aromatic rings. The van der Waals surface area contributed by atoms with Crippen molar-refractivity contribution < 1.29 is 54.9 Å². The number of anilines is 1. The van der Waals surface area contributed by atoms with Crippen LogP contribution in [0.4, 0.5) is 36.7 Å². The Morgan fingerprint density at radius 3 is 2.07 bits per heavy atom. The van der Waals surface area contributed by atoms with Gasteiger partial charge in [0.25, 0.3) is 0 Å². The summed E-state index contributed by atoms with van der Waals surface area (Å²) >= 11 is 0. The van der Waals surface area contributed by atoms with Gasteiger partial charge in [0.1, 0.15) is 11.4 Å². The van der Waals surface area contributed by atoms with Crippen LogP contribution in [0, 0.1) is 5.95 Å². The molecule has 0 saturated carbocycles. The van der Waals surface area contributed by atoms with Crippen molar-refractivity contribution in [3.05, 3.63) is 18.3 Å². The SMILES string of the molecule is CN1C(C)(C)CC(Nc2ncc(-c3nc(OC(=O)C(F)(F)F)c(-c4cn[nH]c4F)c(OC(=O)C(F)(F)F)c3O)nn2)CC1(C)C. The number of esters is 2. The van der Waals surface area contributed by atoms with Gasteiger partial charge in [-0.25, -0.2) is 19.6 Å². The number of halogens is 7. The van der Waals surface area contributed by atoms with Gasteiger partial charge in [0.05, 0.1) is 23.5 Å². The van der Waals surface area contributed by atoms with Gasteiger partial charge in [-0.2, -0.15) is 35.8 Å². The number of pyridine rings is 1. The van der Waals surface area contributed by atoms with Crippen molar-refractivity contribution >= 4 is 17.9 Å². The van der Waals surface area contributed by atoms with E-state index in [9.17, 15) is 45.4 Å².